The Labute approximate surface area is 216 Å². The molecule has 0 spiro atoms. The molecule has 2 heterocycles. The van der Waals surface area contributed by atoms with Gasteiger partial charge >= 0.3 is 0 Å². The molecule has 5 N–H and O–H groups in total. The lowest BCUT2D eigenvalue weighted by atomic mass is 9.91. The van der Waals surface area contributed by atoms with Crippen LogP contribution in [0.5, 0.6) is 11.5 Å². The molecule has 5 rings (SSSR count). The fraction of sp³-hybridized carbons (Fsp3) is 0.167. The summed E-state index contributed by atoms with van der Waals surface area (Å²) >= 11 is 0. The van der Waals surface area contributed by atoms with Crippen molar-refractivity contribution in [3.8, 4) is 22.8 Å². The summed E-state index contributed by atoms with van der Waals surface area (Å²) in [7, 11) is 0. The number of rotatable bonds is 6. The van der Waals surface area contributed by atoms with E-state index in [4.69, 9.17) is 26.6 Å². The van der Waals surface area contributed by atoms with Crippen LogP contribution in [0.3, 0.4) is 0 Å². The maximum atomic E-state index is 13.1. The SMILES string of the molecule is N=C(N)c1c(N)cc(C2CCCN(C(=O)c3ccccc3)C2)nc1-c1ccc(Oc2ccccc2)cc1. The molecule has 1 aromatic heterocycles. The van der Waals surface area contributed by atoms with Gasteiger partial charge in [-0.25, -0.2) is 0 Å². The molecule has 1 aliphatic rings. The Balaban J connectivity index is 1.43. The zero-order chi connectivity index (χ0) is 25.8. The fourth-order valence-corrected chi connectivity index (χ4v) is 4.76. The van der Waals surface area contributed by atoms with Crippen molar-refractivity contribution in [1.29, 1.82) is 5.41 Å². The van der Waals surface area contributed by atoms with E-state index >= 15 is 0 Å². The topological polar surface area (TPSA) is 118 Å². The molecular weight excluding hydrogens is 462 g/mol. The molecule has 0 saturated carbocycles. The zero-order valence-electron chi connectivity index (χ0n) is 20.4. The lowest BCUT2D eigenvalue weighted by molar-refractivity contribution is 0.0706. The average molecular weight is 492 g/mol. The number of benzene rings is 3. The van der Waals surface area contributed by atoms with Crippen molar-refractivity contribution in [2.75, 3.05) is 18.8 Å². The number of anilines is 1. The summed E-state index contributed by atoms with van der Waals surface area (Å²) < 4.78 is 5.91. The number of ether oxygens (including phenoxy) is 1. The second-order valence-corrected chi connectivity index (χ2v) is 9.17. The van der Waals surface area contributed by atoms with Crippen LogP contribution in [0.15, 0.2) is 91.0 Å². The van der Waals surface area contributed by atoms with Gasteiger partial charge in [0.1, 0.15) is 17.3 Å². The highest BCUT2D eigenvalue weighted by Crippen LogP contribution is 2.34. The predicted molar refractivity (Wildman–Crippen MR) is 146 cm³/mol. The average Bonchev–Trinajstić information content (AvgIpc) is 2.93. The van der Waals surface area contributed by atoms with Crippen molar-refractivity contribution in [2.24, 2.45) is 5.73 Å². The van der Waals surface area contributed by atoms with E-state index in [1.807, 2.05) is 89.8 Å². The number of amides is 1. The number of nitrogens with one attached hydrogen (secondary N) is 1. The first-order valence-electron chi connectivity index (χ1n) is 12.3. The first-order valence-corrected chi connectivity index (χ1v) is 12.3. The number of para-hydroxylation sites is 1. The van der Waals surface area contributed by atoms with Crippen LogP contribution in [0.25, 0.3) is 11.3 Å². The highest BCUT2D eigenvalue weighted by Gasteiger charge is 2.28. The minimum absolute atomic E-state index is 0.0212. The van der Waals surface area contributed by atoms with E-state index in [0.717, 1.165) is 29.8 Å². The molecule has 0 aliphatic carbocycles. The number of aromatic nitrogens is 1. The van der Waals surface area contributed by atoms with Crippen LogP contribution < -0.4 is 16.2 Å². The highest BCUT2D eigenvalue weighted by atomic mass is 16.5. The van der Waals surface area contributed by atoms with Crippen LogP contribution in [0, 0.1) is 5.41 Å². The summed E-state index contributed by atoms with van der Waals surface area (Å²) in [4.78, 5) is 19.9. The van der Waals surface area contributed by atoms with Crippen LogP contribution in [0.2, 0.25) is 0 Å². The van der Waals surface area contributed by atoms with E-state index in [0.29, 0.717) is 41.3 Å². The van der Waals surface area contributed by atoms with Crippen LogP contribution in [0.4, 0.5) is 5.69 Å². The van der Waals surface area contributed by atoms with Crippen LogP contribution in [0.1, 0.15) is 40.4 Å². The number of hydrogen-bond acceptors (Lipinski definition) is 5. The number of hydrogen-bond donors (Lipinski definition) is 3. The molecule has 3 aromatic carbocycles. The molecular formula is C30H29N5O2. The van der Waals surface area contributed by atoms with Gasteiger partial charge in [0.05, 0.1) is 11.3 Å². The van der Waals surface area contributed by atoms with Crippen LogP contribution >= 0.6 is 0 Å². The maximum absolute atomic E-state index is 13.1. The van der Waals surface area contributed by atoms with E-state index in [9.17, 15) is 4.79 Å². The number of carbonyl (C=O) groups excluding carboxylic acids is 1. The van der Waals surface area contributed by atoms with Crippen molar-refractivity contribution in [2.45, 2.75) is 18.8 Å². The number of amidine groups is 1. The Kier molecular flexibility index (Phi) is 6.85. The summed E-state index contributed by atoms with van der Waals surface area (Å²) in [5.41, 5.74) is 16.0. The second kappa shape index (κ2) is 10.5. The molecule has 37 heavy (non-hydrogen) atoms. The van der Waals surface area contributed by atoms with Gasteiger partial charge in [-0.3, -0.25) is 15.2 Å². The third kappa shape index (κ3) is 5.30. The zero-order valence-corrected chi connectivity index (χ0v) is 20.4. The largest absolute Gasteiger partial charge is 0.457 e. The van der Waals surface area contributed by atoms with Gasteiger partial charge in [-0.15, -0.1) is 0 Å². The number of piperidine rings is 1. The third-order valence-electron chi connectivity index (χ3n) is 6.59. The summed E-state index contributed by atoms with van der Waals surface area (Å²) in [6.07, 6.45) is 1.77. The van der Waals surface area contributed by atoms with Crippen molar-refractivity contribution in [3.63, 3.8) is 0 Å². The van der Waals surface area contributed by atoms with Gasteiger partial charge in [0.15, 0.2) is 0 Å². The quantitative estimate of drug-likeness (QED) is 0.246. The Hall–Kier alpha value is -4.65. The van der Waals surface area contributed by atoms with Gasteiger partial charge < -0.3 is 21.1 Å². The summed E-state index contributed by atoms with van der Waals surface area (Å²) in [5, 5.41) is 8.14. The monoisotopic (exact) mass is 491 g/mol. The lowest BCUT2D eigenvalue weighted by Crippen LogP contribution is -2.39. The number of nitrogen functional groups attached to an aromatic ring is 2. The standard InChI is InChI=1S/C30H29N5O2/c31-25-18-26(22-10-7-17-35(19-22)30(36)21-8-3-1-4-9-21)34-28(27(25)29(32)33)20-13-15-24(16-14-20)37-23-11-5-2-6-12-23/h1-6,8-9,11-16,18,22H,7,10,17,19H2,(H2,31,34)(H3,32,33). The van der Waals surface area contributed by atoms with E-state index in [1.54, 1.807) is 6.07 Å². The Morgan fingerprint density at radius 3 is 2.27 bits per heavy atom. The van der Waals surface area contributed by atoms with Gasteiger partial charge in [0, 0.05) is 41.5 Å². The molecule has 1 fully saturated rings. The van der Waals surface area contributed by atoms with E-state index in [1.165, 1.54) is 0 Å². The lowest BCUT2D eigenvalue weighted by Gasteiger charge is -2.33. The van der Waals surface area contributed by atoms with Crippen molar-refractivity contribution in [3.05, 3.63) is 108 Å². The Morgan fingerprint density at radius 2 is 1.59 bits per heavy atom. The van der Waals surface area contributed by atoms with Crippen LogP contribution in [-0.4, -0.2) is 34.7 Å². The smallest absolute Gasteiger partial charge is 0.253 e. The number of carbonyl (C=O) groups is 1. The first kappa shape index (κ1) is 24.1. The maximum Gasteiger partial charge on any atom is 0.253 e. The summed E-state index contributed by atoms with van der Waals surface area (Å²) in [5.74, 6) is 1.35. The minimum Gasteiger partial charge on any atom is -0.457 e. The number of likely N-dealkylation sites (tertiary alicyclic amines) is 1. The predicted octanol–water partition coefficient (Wildman–Crippen LogP) is 5.43. The van der Waals surface area contributed by atoms with Gasteiger partial charge in [0.2, 0.25) is 0 Å². The molecule has 0 bridgehead atoms. The molecule has 1 amide bonds. The van der Waals surface area contributed by atoms with Gasteiger partial charge in [0.25, 0.3) is 5.91 Å². The highest BCUT2D eigenvalue weighted by molar-refractivity contribution is 6.05. The molecule has 7 nitrogen and oxygen atoms in total. The molecule has 4 aromatic rings. The van der Waals surface area contributed by atoms with E-state index in [2.05, 4.69) is 0 Å². The van der Waals surface area contributed by atoms with Crippen LogP contribution in [-0.2, 0) is 0 Å². The fourth-order valence-electron chi connectivity index (χ4n) is 4.76. The van der Waals surface area contributed by atoms with Crippen molar-refractivity contribution >= 4 is 17.4 Å². The Morgan fingerprint density at radius 1 is 0.946 bits per heavy atom. The second-order valence-electron chi connectivity index (χ2n) is 9.17. The number of nitrogens with zero attached hydrogens (tertiary/aromatic N) is 2. The van der Waals surface area contributed by atoms with Crippen molar-refractivity contribution < 1.29 is 9.53 Å². The van der Waals surface area contributed by atoms with E-state index in [-0.39, 0.29) is 17.7 Å². The van der Waals surface area contributed by atoms with Gasteiger partial charge in [-0.05, 0) is 67.4 Å². The molecule has 1 unspecified atom stereocenters. The molecule has 1 saturated heterocycles. The van der Waals surface area contributed by atoms with Crippen molar-refractivity contribution in [1.82, 2.24) is 9.88 Å². The van der Waals surface area contributed by atoms with E-state index < -0.39 is 0 Å². The molecule has 0 radical (unpaired) electrons. The molecule has 1 atom stereocenters. The summed E-state index contributed by atoms with van der Waals surface area (Å²) in [6.45, 7) is 1.27. The Bertz CT molecular complexity index is 1410. The summed E-state index contributed by atoms with van der Waals surface area (Å²) in [6, 6.07) is 28.2. The molecule has 186 valence electrons. The number of nitrogens with two attached hydrogens (primary N) is 2. The minimum atomic E-state index is -0.138. The third-order valence-corrected chi connectivity index (χ3v) is 6.59. The molecule has 1 aliphatic heterocycles. The first-order chi connectivity index (χ1) is 18.0. The van der Waals surface area contributed by atoms with Gasteiger partial charge in [-0.2, -0.15) is 0 Å². The molecule has 7 heteroatoms. The van der Waals surface area contributed by atoms with Gasteiger partial charge in [-0.1, -0.05) is 36.4 Å². The normalized spacial score (nSPS) is 15.2. The number of pyridine rings is 1.